The van der Waals surface area contributed by atoms with Gasteiger partial charge in [-0.25, -0.2) is 0 Å². The van der Waals surface area contributed by atoms with Crippen LogP contribution in [0.4, 0.5) is 11.4 Å². The summed E-state index contributed by atoms with van der Waals surface area (Å²) in [5, 5.41) is 3.42. The second-order valence-corrected chi connectivity index (χ2v) is 4.30. The van der Waals surface area contributed by atoms with Crippen molar-refractivity contribution in [3.8, 4) is 0 Å². The molecule has 0 atom stereocenters. The molecule has 1 aliphatic heterocycles. The molecule has 0 unspecified atom stereocenters. The first-order valence-electron chi connectivity index (χ1n) is 4.56. The molecule has 0 amide bonds. The number of para-hydroxylation sites is 2. The molecule has 1 nitrogen and oxygen atoms in total. The molecule has 0 radical (unpaired) electrons. The summed E-state index contributed by atoms with van der Waals surface area (Å²) in [4.78, 5) is 2.59. The third-order valence-corrected chi connectivity index (χ3v) is 3.42. The average Bonchev–Trinajstić information content (AvgIpc) is 2.26. The van der Waals surface area contributed by atoms with E-state index >= 15 is 0 Å². The van der Waals surface area contributed by atoms with Crippen LogP contribution < -0.4 is 5.32 Å². The third-order valence-electron chi connectivity index (χ3n) is 2.26. The van der Waals surface area contributed by atoms with Crippen LogP contribution in [0.2, 0.25) is 0 Å². The predicted molar refractivity (Wildman–Crippen MR) is 67.4 cm³/mol. The Kier molecular flexibility index (Phi) is 3.93. The van der Waals surface area contributed by atoms with Crippen molar-refractivity contribution in [2.24, 2.45) is 0 Å². The van der Waals surface area contributed by atoms with Gasteiger partial charge >= 0.3 is 51.4 Å². The van der Waals surface area contributed by atoms with E-state index in [4.69, 9.17) is 0 Å². The molecule has 1 N–H and O–H groups in total. The Hall–Kier alpha value is 0.226. The minimum absolute atomic E-state index is 0. The Morgan fingerprint density at radius 2 is 1.20 bits per heavy atom. The molecule has 0 aromatic heterocycles. The van der Waals surface area contributed by atoms with Crippen molar-refractivity contribution >= 4 is 74.5 Å². The van der Waals surface area contributed by atoms with E-state index in [0.717, 1.165) is 0 Å². The molecule has 15 heavy (non-hydrogen) atoms. The van der Waals surface area contributed by atoms with Gasteiger partial charge in [0.15, 0.2) is 0 Å². The third kappa shape index (κ3) is 2.33. The zero-order chi connectivity index (χ0) is 9.38. The first kappa shape index (κ1) is 11.7. The normalized spacial score (nSPS) is 11.7. The van der Waals surface area contributed by atoms with Crippen LogP contribution in [0, 0.1) is 0 Å². The average molecular weight is 239 g/mol. The molecule has 0 fully saturated rings. The Morgan fingerprint density at radius 1 is 0.733 bits per heavy atom. The van der Waals surface area contributed by atoms with Crippen molar-refractivity contribution < 1.29 is 0 Å². The van der Waals surface area contributed by atoms with E-state index in [1.165, 1.54) is 21.2 Å². The van der Waals surface area contributed by atoms with E-state index in [0.29, 0.717) is 0 Å². The second kappa shape index (κ2) is 5.04. The van der Waals surface area contributed by atoms with Crippen LogP contribution in [0.3, 0.4) is 0 Å². The predicted octanol–water partition coefficient (Wildman–Crippen LogP) is 3.25. The van der Waals surface area contributed by atoms with Crippen molar-refractivity contribution in [2.75, 3.05) is 5.32 Å². The van der Waals surface area contributed by atoms with Gasteiger partial charge in [0.05, 0.1) is 11.4 Å². The zero-order valence-corrected chi connectivity index (χ0v) is 8.34. The molecule has 2 aromatic rings. The fourth-order valence-electron chi connectivity index (χ4n) is 1.58. The minimum atomic E-state index is 0. The largest absolute Gasteiger partial charge is 0.354 e. The van der Waals surface area contributed by atoms with E-state index in [1.807, 2.05) is 11.8 Å². The molecule has 1 aliphatic rings. The number of rotatable bonds is 0. The Balaban J connectivity index is 0.000000853. The molecule has 3 rings (SSSR count). The monoisotopic (exact) mass is 239 g/mol. The van der Waals surface area contributed by atoms with Crippen molar-refractivity contribution in [3.63, 3.8) is 0 Å². The number of fused-ring (bicyclic) bond motifs is 2. The van der Waals surface area contributed by atoms with Gasteiger partial charge < -0.3 is 5.32 Å². The summed E-state index contributed by atoms with van der Waals surface area (Å²) >= 11 is 1.82. The van der Waals surface area contributed by atoms with Gasteiger partial charge in [0, 0.05) is 9.79 Å². The molecule has 2 aromatic carbocycles. The smallest absolute Gasteiger partial charge is 0.0526 e. The van der Waals surface area contributed by atoms with E-state index in [1.54, 1.807) is 0 Å². The molecule has 0 bridgehead atoms. The SMILES string of the molecule is [KH].c1ccc2c(c1)Nc1ccccc1S2. The second-order valence-electron chi connectivity index (χ2n) is 3.22. The van der Waals surface area contributed by atoms with Crippen LogP contribution in [0.25, 0.3) is 0 Å². The fraction of sp³-hybridized carbons (Fsp3) is 0. The first-order chi connectivity index (χ1) is 6.93. The summed E-state index contributed by atoms with van der Waals surface area (Å²) in [5.74, 6) is 0. The van der Waals surface area contributed by atoms with Gasteiger partial charge in [0.1, 0.15) is 0 Å². The number of hydrogen-bond acceptors (Lipinski definition) is 2. The molecule has 1 heterocycles. The maximum atomic E-state index is 3.42. The summed E-state index contributed by atoms with van der Waals surface area (Å²) in [6, 6.07) is 16.8. The van der Waals surface area contributed by atoms with E-state index in [2.05, 4.69) is 53.8 Å². The van der Waals surface area contributed by atoms with Gasteiger partial charge in [-0.3, -0.25) is 0 Å². The van der Waals surface area contributed by atoms with Crippen LogP contribution in [0.15, 0.2) is 58.3 Å². The number of benzene rings is 2. The summed E-state index contributed by atoms with van der Waals surface area (Å²) in [7, 11) is 0. The van der Waals surface area contributed by atoms with Crippen LogP contribution in [0.1, 0.15) is 0 Å². The van der Waals surface area contributed by atoms with E-state index < -0.39 is 0 Å². The molecule has 0 saturated heterocycles. The molecule has 70 valence electrons. The summed E-state index contributed by atoms with van der Waals surface area (Å²) < 4.78 is 0. The molecular weight excluding hydrogens is 229 g/mol. The molecule has 0 aliphatic carbocycles. The van der Waals surface area contributed by atoms with Crippen molar-refractivity contribution in [1.29, 1.82) is 0 Å². The van der Waals surface area contributed by atoms with Crippen molar-refractivity contribution in [1.82, 2.24) is 0 Å². The first-order valence-corrected chi connectivity index (χ1v) is 5.38. The van der Waals surface area contributed by atoms with Gasteiger partial charge in [-0.1, -0.05) is 36.0 Å². The van der Waals surface area contributed by atoms with E-state index in [-0.39, 0.29) is 51.4 Å². The number of nitrogens with one attached hydrogen (secondary N) is 1. The topological polar surface area (TPSA) is 12.0 Å². The zero-order valence-electron chi connectivity index (χ0n) is 7.53. The Morgan fingerprint density at radius 3 is 1.73 bits per heavy atom. The summed E-state index contributed by atoms with van der Waals surface area (Å²) in [6.07, 6.45) is 0. The van der Waals surface area contributed by atoms with Crippen LogP contribution in [-0.2, 0) is 0 Å². The standard InChI is InChI=1S/C12H9NS.K.H/c1-3-7-11-9(5-1)13-10-6-2-4-8-12(10)14-11;;/h1-8,13H;;. The van der Waals surface area contributed by atoms with Crippen LogP contribution >= 0.6 is 11.8 Å². The summed E-state index contributed by atoms with van der Waals surface area (Å²) in [6.45, 7) is 0. The summed E-state index contributed by atoms with van der Waals surface area (Å²) in [5.41, 5.74) is 2.41. The fourth-order valence-corrected chi connectivity index (χ4v) is 2.57. The van der Waals surface area contributed by atoms with E-state index in [9.17, 15) is 0 Å². The molecule has 0 spiro atoms. The Bertz CT molecular complexity index is 397. The van der Waals surface area contributed by atoms with Crippen LogP contribution in [0.5, 0.6) is 0 Å². The maximum Gasteiger partial charge on any atom is 0.0526 e. The maximum absolute atomic E-state index is 3.42. The van der Waals surface area contributed by atoms with Gasteiger partial charge in [-0.15, -0.1) is 0 Å². The van der Waals surface area contributed by atoms with Crippen molar-refractivity contribution in [2.45, 2.75) is 9.79 Å². The minimum Gasteiger partial charge on any atom is -0.354 e. The van der Waals surface area contributed by atoms with Crippen molar-refractivity contribution in [3.05, 3.63) is 48.5 Å². The molecule has 0 saturated carbocycles. The molecule has 3 heteroatoms. The van der Waals surface area contributed by atoms with Gasteiger partial charge in [-0.05, 0) is 24.3 Å². The number of anilines is 2. The Labute approximate surface area is 136 Å². The van der Waals surface area contributed by atoms with Crippen LogP contribution in [-0.4, -0.2) is 51.4 Å². The quantitative estimate of drug-likeness (QED) is 0.604. The molecular formula is C12H10KNS. The van der Waals surface area contributed by atoms with Gasteiger partial charge in [0.25, 0.3) is 0 Å². The number of hydrogen-bond donors (Lipinski definition) is 1. The van der Waals surface area contributed by atoms with Gasteiger partial charge in [0.2, 0.25) is 0 Å². The van der Waals surface area contributed by atoms with Gasteiger partial charge in [-0.2, -0.15) is 0 Å².